The first-order chi connectivity index (χ1) is 11.7. The zero-order valence-corrected chi connectivity index (χ0v) is 15.9. The van der Waals surface area contributed by atoms with Gasteiger partial charge in [-0.05, 0) is 63.4 Å². The molecule has 140 valence electrons. The maximum Gasteiger partial charge on any atom is 0.244 e. The molecule has 5 nitrogen and oxygen atoms in total. The van der Waals surface area contributed by atoms with E-state index >= 15 is 0 Å². The number of benzene rings is 1. The summed E-state index contributed by atoms with van der Waals surface area (Å²) in [6, 6.07) is 2.31. The van der Waals surface area contributed by atoms with Gasteiger partial charge in [0.15, 0.2) is 0 Å². The second-order valence-electron chi connectivity index (χ2n) is 7.14. The summed E-state index contributed by atoms with van der Waals surface area (Å²) in [7, 11) is -3.80. The second-order valence-corrected chi connectivity index (χ2v) is 9.46. The fraction of sp³-hybridized carbons (Fsp3) is 0.647. The van der Waals surface area contributed by atoms with E-state index in [9.17, 15) is 17.9 Å². The summed E-state index contributed by atoms with van der Waals surface area (Å²) in [4.78, 5) is 2.17. The molecule has 1 N–H and O–H groups in total. The molecular formula is C17H24ClFN2O3S. The summed E-state index contributed by atoms with van der Waals surface area (Å²) in [5, 5.41) is 10.7. The molecule has 8 heteroatoms. The Balaban J connectivity index is 1.72. The third kappa shape index (κ3) is 4.01. The highest BCUT2D eigenvalue weighted by atomic mass is 35.5. The molecule has 0 saturated carbocycles. The van der Waals surface area contributed by atoms with Crippen LogP contribution < -0.4 is 0 Å². The van der Waals surface area contributed by atoms with Gasteiger partial charge in [0.1, 0.15) is 10.7 Å². The zero-order valence-electron chi connectivity index (χ0n) is 14.3. The van der Waals surface area contributed by atoms with Gasteiger partial charge in [-0.2, -0.15) is 4.31 Å². The van der Waals surface area contributed by atoms with Crippen molar-refractivity contribution in [3.63, 3.8) is 0 Å². The Morgan fingerprint density at radius 2 is 1.80 bits per heavy atom. The molecule has 0 spiro atoms. The number of nitrogens with zero attached hydrogens (tertiary/aromatic N) is 2. The van der Waals surface area contributed by atoms with Crippen LogP contribution in [0, 0.1) is 12.7 Å². The van der Waals surface area contributed by atoms with Crippen LogP contribution in [0.2, 0.25) is 5.02 Å². The van der Waals surface area contributed by atoms with Crippen LogP contribution in [0.25, 0.3) is 0 Å². The highest BCUT2D eigenvalue weighted by Crippen LogP contribution is 2.32. The minimum Gasteiger partial charge on any atom is -0.388 e. The Morgan fingerprint density at radius 3 is 2.40 bits per heavy atom. The van der Waals surface area contributed by atoms with Crippen LogP contribution in [0.15, 0.2) is 17.0 Å². The van der Waals surface area contributed by atoms with Crippen LogP contribution in [0.5, 0.6) is 0 Å². The molecule has 2 aliphatic heterocycles. The Kier molecular flexibility index (Phi) is 5.42. The molecule has 0 aromatic heterocycles. The Labute approximate surface area is 153 Å². The topological polar surface area (TPSA) is 60.9 Å². The molecule has 2 saturated heterocycles. The number of halogens is 2. The Bertz CT molecular complexity index is 743. The van der Waals surface area contributed by atoms with Gasteiger partial charge in [0.05, 0.1) is 10.6 Å². The summed E-state index contributed by atoms with van der Waals surface area (Å²) in [6.45, 7) is 4.56. The summed E-state index contributed by atoms with van der Waals surface area (Å²) >= 11 is 5.97. The van der Waals surface area contributed by atoms with Gasteiger partial charge < -0.3 is 10.0 Å². The average molecular weight is 391 g/mol. The van der Waals surface area contributed by atoms with Crippen molar-refractivity contribution in [2.24, 2.45) is 0 Å². The molecule has 0 unspecified atom stereocenters. The van der Waals surface area contributed by atoms with Crippen LogP contribution in [0.1, 0.15) is 31.2 Å². The lowest BCUT2D eigenvalue weighted by Crippen LogP contribution is -2.51. The molecule has 0 radical (unpaired) electrons. The predicted octanol–water partition coefficient (Wildman–Crippen LogP) is 2.40. The minimum absolute atomic E-state index is 0.0713. The highest BCUT2D eigenvalue weighted by molar-refractivity contribution is 7.89. The quantitative estimate of drug-likeness (QED) is 0.857. The molecule has 3 rings (SSSR count). The normalized spacial score (nSPS) is 22.4. The summed E-state index contributed by atoms with van der Waals surface area (Å²) in [6.07, 6.45) is 3.08. The summed E-state index contributed by atoms with van der Waals surface area (Å²) < 4.78 is 40.6. The number of sulfonamides is 1. The number of aliphatic hydroxyl groups is 1. The lowest BCUT2D eigenvalue weighted by Gasteiger charge is -2.39. The van der Waals surface area contributed by atoms with Gasteiger partial charge in [-0.3, -0.25) is 0 Å². The van der Waals surface area contributed by atoms with Crippen LogP contribution in [-0.2, 0) is 10.0 Å². The molecular weight excluding hydrogens is 367 g/mol. The Hall–Kier alpha value is -0.730. The van der Waals surface area contributed by atoms with Gasteiger partial charge in [-0.15, -0.1) is 0 Å². The van der Waals surface area contributed by atoms with Gasteiger partial charge in [0.2, 0.25) is 10.0 Å². The smallest absolute Gasteiger partial charge is 0.244 e. The molecule has 2 heterocycles. The number of likely N-dealkylation sites (tertiary alicyclic amines) is 1. The lowest BCUT2D eigenvalue weighted by molar-refractivity contribution is -0.0284. The van der Waals surface area contributed by atoms with E-state index in [0.29, 0.717) is 19.4 Å². The van der Waals surface area contributed by atoms with Crippen LogP contribution in [0.4, 0.5) is 4.39 Å². The van der Waals surface area contributed by atoms with Crippen molar-refractivity contribution in [1.82, 2.24) is 9.21 Å². The van der Waals surface area contributed by atoms with Gasteiger partial charge >= 0.3 is 0 Å². The third-order valence-electron chi connectivity index (χ3n) is 5.20. The van der Waals surface area contributed by atoms with E-state index in [2.05, 4.69) is 4.90 Å². The Morgan fingerprint density at radius 1 is 1.20 bits per heavy atom. The largest absolute Gasteiger partial charge is 0.388 e. The van der Waals surface area contributed by atoms with Crippen molar-refractivity contribution >= 4 is 21.6 Å². The number of hydrogen-bond donors (Lipinski definition) is 1. The molecule has 0 amide bonds. The maximum atomic E-state index is 13.6. The van der Waals surface area contributed by atoms with Gasteiger partial charge in [0, 0.05) is 19.6 Å². The molecule has 1 aromatic carbocycles. The highest BCUT2D eigenvalue weighted by Gasteiger charge is 2.39. The van der Waals surface area contributed by atoms with E-state index in [4.69, 9.17) is 11.6 Å². The SMILES string of the molecule is Cc1cc(S(=O)(=O)N2CCC(O)(CN3CCCC3)CC2)c(Cl)cc1F. The molecule has 1 aromatic rings. The number of rotatable bonds is 4. The fourth-order valence-corrected chi connectivity index (χ4v) is 5.64. The molecule has 0 bridgehead atoms. The van der Waals surface area contributed by atoms with Crippen molar-refractivity contribution in [3.05, 3.63) is 28.5 Å². The minimum atomic E-state index is -3.80. The van der Waals surface area contributed by atoms with E-state index in [1.807, 2.05) is 0 Å². The van der Waals surface area contributed by atoms with Crippen molar-refractivity contribution in [2.45, 2.75) is 43.1 Å². The lowest BCUT2D eigenvalue weighted by atomic mass is 9.92. The number of piperidine rings is 1. The zero-order chi connectivity index (χ0) is 18.2. The first-order valence-corrected chi connectivity index (χ1v) is 10.4. The van der Waals surface area contributed by atoms with Crippen molar-refractivity contribution in [1.29, 1.82) is 0 Å². The third-order valence-corrected chi connectivity index (χ3v) is 7.56. The molecule has 2 aliphatic rings. The van der Waals surface area contributed by atoms with Crippen molar-refractivity contribution in [3.8, 4) is 0 Å². The summed E-state index contributed by atoms with van der Waals surface area (Å²) in [5.41, 5.74) is -0.607. The maximum absolute atomic E-state index is 13.6. The molecule has 0 aliphatic carbocycles. The number of aryl methyl sites for hydroxylation is 1. The molecule has 0 atom stereocenters. The van der Waals surface area contributed by atoms with E-state index in [1.165, 1.54) is 17.3 Å². The first kappa shape index (κ1) is 19.0. The average Bonchev–Trinajstić information content (AvgIpc) is 3.03. The van der Waals surface area contributed by atoms with Gasteiger partial charge in [-0.25, -0.2) is 12.8 Å². The van der Waals surface area contributed by atoms with E-state index in [0.717, 1.165) is 32.0 Å². The van der Waals surface area contributed by atoms with E-state index in [-0.39, 0.29) is 28.6 Å². The van der Waals surface area contributed by atoms with Gasteiger partial charge in [0.25, 0.3) is 0 Å². The standard InChI is InChI=1S/C17H24ClFN2O3S/c1-13-10-16(14(18)11-15(13)19)25(23,24)21-8-4-17(22,5-9-21)12-20-6-2-3-7-20/h10-11,22H,2-9,12H2,1H3. The van der Waals surface area contributed by atoms with Gasteiger partial charge in [-0.1, -0.05) is 11.6 Å². The number of hydrogen-bond acceptors (Lipinski definition) is 4. The number of β-amino-alcohol motifs (C(OH)–C–C–N with tert-alkyl or cyclic N) is 1. The van der Waals surface area contributed by atoms with Crippen molar-refractivity contribution < 1.29 is 17.9 Å². The van der Waals surface area contributed by atoms with Crippen LogP contribution in [-0.4, -0.2) is 61.1 Å². The second kappa shape index (κ2) is 7.12. The first-order valence-electron chi connectivity index (χ1n) is 8.62. The fourth-order valence-electron chi connectivity index (χ4n) is 3.63. The van der Waals surface area contributed by atoms with Crippen molar-refractivity contribution in [2.75, 3.05) is 32.7 Å². The van der Waals surface area contributed by atoms with E-state index in [1.54, 1.807) is 0 Å². The van der Waals surface area contributed by atoms with Crippen LogP contribution in [0.3, 0.4) is 0 Å². The predicted molar refractivity (Wildman–Crippen MR) is 94.8 cm³/mol. The molecule has 25 heavy (non-hydrogen) atoms. The monoisotopic (exact) mass is 390 g/mol. The summed E-state index contributed by atoms with van der Waals surface area (Å²) in [5.74, 6) is -0.525. The van der Waals surface area contributed by atoms with Crippen LogP contribution >= 0.6 is 11.6 Å². The molecule has 2 fully saturated rings. The van der Waals surface area contributed by atoms with E-state index < -0.39 is 21.4 Å².